The second-order valence-electron chi connectivity index (χ2n) is 6.07. The van der Waals surface area contributed by atoms with Gasteiger partial charge in [0.15, 0.2) is 5.96 Å². The number of methoxy groups -OCH3 is 1. The van der Waals surface area contributed by atoms with Crippen LogP contribution < -0.4 is 20.7 Å². The van der Waals surface area contributed by atoms with Gasteiger partial charge in [0, 0.05) is 20.0 Å². The molecule has 7 heteroatoms. The fourth-order valence-corrected chi connectivity index (χ4v) is 2.62. The van der Waals surface area contributed by atoms with E-state index >= 15 is 0 Å². The molecular formula is C21H29IN4O2. The van der Waals surface area contributed by atoms with Crippen LogP contribution in [0.3, 0.4) is 0 Å². The molecule has 152 valence electrons. The van der Waals surface area contributed by atoms with E-state index in [4.69, 9.17) is 4.74 Å². The van der Waals surface area contributed by atoms with E-state index in [-0.39, 0.29) is 29.9 Å². The molecule has 1 amide bonds. The van der Waals surface area contributed by atoms with Crippen LogP contribution in [0.25, 0.3) is 0 Å². The number of carbonyl (C=O) groups is 1. The molecule has 0 aliphatic heterocycles. The van der Waals surface area contributed by atoms with Crippen molar-refractivity contribution in [2.75, 3.05) is 25.5 Å². The molecule has 0 radical (unpaired) electrons. The van der Waals surface area contributed by atoms with Crippen molar-refractivity contribution in [1.82, 2.24) is 10.6 Å². The number of halogens is 1. The number of benzene rings is 2. The van der Waals surface area contributed by atoms with E-state index in [2.05, 4.69) is 33.1 Å². The van der Waals surface area contributed by atoms with Crippen molar-refractivity contribution in [2.24, 2.45) is 4.99 Å². The third-order valence-corrected chi connectivity index (χ3v) is 3.89. The topological polar surface area (TPSA) is 74.8 Å². The fraction of sp³-hybridized carbons (Fsp3) is 0.333. The number of ether oxygens (including phenoxy) is 1. The highest BCUT2D eigenvalue weighted by atomic mass is 127. The van der Waals surface area contributed by atoms with Gasteiger partial charge >= 0.3 is 0 Å². The quantitative estimate of drug-likeness (QED) is 0.297. The Balaban J connectivity index is 0.00000392. The number of hydrogen-bond donors (Lipinski definition) is 3. The van der Waals surface area contributed by atoms with E-state index in [0.29, 0.717) is 18.0 Å². The largest absolute Gasteiger partial charge is 0.495 e. The summed E-state index contributed by atoms with van der Waals surface area (Å²) in [6, 6.07) is 16.0. The van der Waals surface area contributed by atoms with Gasteiger partial charge in [-0.15, -0.1) is 24.0 Å². The van der Waals surface area contributed by atoms with E-state index in [9.17, 15) is 4.79 Å². The Kier molecular flexibility index (Phi) is 11.0. The number of anilines is 1. The fourth-order valence-electron chi connectivity index (χ4n) is 2.62. The summed E-state index contributed by atoms with van der Waals surface area (Å²) in [7, 11) is 1.58. The average Bonchev–Trinajstić information content (AvgIpc) is 2.66. The van der Waals surface area contributed by atoms with Crippen molar-refractivity contribution in [3.8, 4) is 5.75 Å². The highest BCUT2D eigenvalue weighted by Crippen LogP contribution is 2.25. The summed E-state index contributed by atoms with van der Waals surface area (Å²) in [6.45, 7) is 5.60. The summed E-state index contributed by atoms with van der Waals surface area (Å²) in [5.74, 6) is 1.26. The zero-order valence-corrected chi connectivity index (χ0v) is 18.9. The predicted octanol–water partition coefficient (Wildman–Crippen LogP) is 3.57. The third kappa shape index (κ3) is 8.16. The lowest BCUT2D eigenvalue weighted by atomic mass is 10.1. The standard InChI is InChI=1S/C21H28N4O2.HI/c1-4-22-21(23-13-12-17-8-6-5-7-9-17)24-15-18-10-11-20(27-3)19(14-18)25-16(2)26;/h5-11,14H,4,12-13,15H2,1-3H3,(H,25,26)(H2,22,23,24);1H. The number of rotatable bonds is 8. The number of carbonyl (C=O) groups excluding carboxylic acids is 1. The molecule has 2 aromatic rings. The van der Waals surface area contributed by atoms with Gasteiger partial charge in [0.1, 0.15) is 5.75 Å². The molecule has 0 aromatic heterocycles. The van der Waals surface area contributed by atoms with Crippen LogP contribution in [0.5, 0.6) is 5.75 Å². The Morgan fingerprint density at radius 1 is 1.07 bits per heavy atom. The van der Waals surface area contributed by atoms with Crippen LogP contribution in [-0.4, -0.2) is 32.1 Å². The molecule has 0 atom stereocenters. The van der Waals surface area contributed by atoms with Gasteiger partial charge in [-0.1, -0.05) is 36.4 Å². The van der Waals surface area contributed by atoms with Crippen LogP contribution in [0.4, 0.5) is 5.69 Å². The molecule has 0 saturated carbocycles. The molecule has 0 saturated heterocycles. The maximum absolute atomic E-state index is 11.4. The number of aliphatic imine (C=N–C) groups is 1. The number of guanidine groups is 1. The molecule has 0 aliphatic carbocycles. The summed E-state index contributed by atoms with van der Waals surface area (Å²) in [5.41, 5.74) is 2.93. The minimum Gasteiger partial charge on any atom is -0.495 e. The van der Waals surface area contributed by atoms with Crippen molar-refractivity contribution in [1.29, 1.82) is 0 Å². The predicted molar refractivity (Wildman–Crippen MR) is 126 cm³/mol. The molecule has 0 heterocycles. The average molecular weight is 496 g/mol. The molecule has 6 nitrogen and oxygen atoms in total. The second-order valence-corrected chi connectivity index (χ2v) is 6.07. The molecule has 0 unspecified atom stereocenters. The minimum atomic E-state index is -0.134. The number of nitrogens with zero attached hydrogens (tertiary/aromatic N) is 1. The Bertz CT molecular complexity index is 766. The van der Waals surface area contributed by atoms with E-state index < -0.39 is 0 Å². The summed E-state index contributed by atoms with van der Waals surface area (Å²) < 4.78 is 5.29. The maximum atomic E-state index is 11.4. The summed E-state index contributed by atoms with van der Waals surface area (Å²) in [5, 5.41) is 9.39. The monoisotopic (exact) mass is 496 g/mol. The van der Waals surface area contributed by atoms with Gasteiger partial charge < -0.3 is 20.7 Å². The van der Waals surface area contributed by atoms with Crippen molar-refractivity contribution in [3.05, 3.63) is 59.7 Å². The first kappa shape index (κ1) is 23.7. The Hall–Kier alpha value is -2.29. The molecular weight excluding hydrogens is 467 g/mol. The van der Waals surface area contributed by atoms with Gasteiger partial charge in [0.05, 0.1) is 19.3 Å². The van der Waals surface area contributed by atoms with Crippen LogP contribution in [-0.2, 0) is 17.8 Å². The van der Waals surface area contributed by atoms with Crippen LogP contribution >= 0.6 is 24.0 Å². The van der Waals surface area contributed by atoms with Crippen LogP contribution in [0.1, 0.15) is 25.0 Å². The molecule has 0 bridgehead atoms. The van der Waals surface area contributed by atoms with Crippen molar-refractivity contribution < 1.29 is 9.53 Å². The van der Waals surface area contributed by atoms with Gasteiger partial charge in [0.25, 0.3) is 0 Å². The number of amides is 1. The summed E-state index contributed by atoms with van der Waals surface area (Å²) in [4.78, 5) is 16.0. The van der Waals surface area contributed by atoms with Crippen molar-refractivity contribution in [2.45, 2.75) is 26.8 Å². The first-order chi connectivity index (χ1) is 13.1. The lowest BCUT2D eigenvalue weighted by Crippen LogP contribution is -2.38. The summed E-state index contributed by atoms with van der Waals surface area (Å²) >= 11 is 0. The lowest BCUT2D eigenvalue weighted by molar-refractivity contribution is -0.114. The molecule has 3 N–H and O–H groups in total. The molecule has 0 aliphatic rings. The second kappa shape index (κ2) is 13.0. The first-order valence-corrected chi connectivity index (χ1v) is 9.13. The normalized spacial score (nSPS) is 10.6. The third-order valence-electron chi connectivity index (χ3n) is 3.89. The number of hydrogen-bond acceptors (Lipinski definition) is 3. The molecule has 0 spiro atoms. The van der Waals surface area contributed by atoms with Gasteiger partial charge in [-0.25, -0.2) is 4.99 Å². The van der Waals surface area contributed by atoms with Crippen LogP contribution in [0.2, 0.25) is 0 Å². The minimum absolute atomic E-state index is 0. The van der Waals surface area contributed by atoms with E-state index in [1.165, 1.54) is 12.5 Å². The van der Waals surface area contributed by atoms with Crippen LogP contribution in [0.15, 0.2) is 53.5 Å². The maximum Gasteiger partial charge on any atom is 0.221 e. The smallest absolute Gasteiger partial charge is 0.221 e. The zero-order chi connectivity index (χ0) is 19.5. The molecule has 0 fully saturated rings. The van der Waals surface area contributed by atoms with E-state index in [1.54, 1.807) is 7.11 Å². The highest BCUT2D eigenvalue weighted by Gasteiger charge is 2.06. The van der Waals surface area contributed by atoms with Gasteiger partial charge in [-0.2, -0.15) is 0 Å². The molecule has 28 heavy (non-hydrogen) atoms. The van der Waals surface area contributed by atoms with Gasteiger partial charge in [-0.05, 0) is 36.6 Å². The zero-order valence-electron chi connectivity index (χ0n) is 16.6. The number of nitrogens with one attached hydrogen (secondary N) is 3. The van der Waals surface area contributed by atoms with E-state index in [0.717, 1.165) is 31.0 Å². The van der Waals surface area contributed by atoms with Gasteiger partial charge in [0.2, 0.25) is 5.91 Å². The van der Waals surface area contributed by atoms with Crippen molar-refractivity contribution in [3.63, 3.8) is 0 Å². The molecule has 2 aromatic carbocycles. The Labute approximate surface area is 184 Å². The Morgan fingerprint density at radius 2 is 1.82 bits per heavy atom. The molecule has 2 rings (SSSR count). The van der Waals surface area contributed by atoms with E-state index in [1.807, 2.05) is 43.3 Å². The SMILES string of the molecule is CCNC(=NCc1ccc(OC)c(NC(C)=O)c1)NCCc1ccccc1.I. The van der Waals surface area contributed by atoms with Crippen LogP contribution in [0, 0.1) is 0 Å². The Morgan fingerprint density at radius 3 is 2.46 bits per heavy atom. The van der Waals surface area contributed by atoms with Gasteiger partial charge in [-0.3, -0.25) is 4.79 Å². The summed E-state index contributed by atoms with van der Waals surface area (Å²) in [6.07, 6.45) is 0.931. The highest BCUT2D eigenvalue weighted by molar-refractivity contribution is 14.0. The lowest BCUT2D eigenvalue weighted by Gasteiger charge is -2.13. The van der Waals surface area contributed by atoms with Crippen molar-refractivity contribution >= 4 is 41.5 Å². The first-order valence-electron chi connectivity index (χ1n) is 9.13.